The molecule has 4 aromatic carbocycles. The molecule has 192 valence electrons. The van der Waals surface area contributed by atoms with E-state index < -0.39 is 23.3 Å². The summed E-state index contributed by atoms with van der Waals surface area (Å²) in [5.74, 6) is -3.15. The van der Waals surface area contributed by atoms with Crippen LogP contribution in [0.2, 0.25) is 0 Å². The largest absolute Gasteiger partial charge is 0.489 e. The van der Waals surface area contributed by atoms with Gasteiger partial charge in [0.05, 0.1) is 0 Å². The predicted octanol–water partition coefficient (Wildman–Crippen LogP) is 9.45. The highest BCUT2D eigenvalue weighted by Gasteiger charge is 2.17. The summed E-state index contributed by atoms with van der Waals surface area (Å²) in [7, 11) is 0. The number of aryl methyl sites for hydroxylation is 2. The molecule has 0 atom stereocenters. The van der Waals surface area contributed by atoms with E-state index in [2.05, 4.69) is 6.92 Å². The van der Waals surface area contributed by atoms with Gasteiger partial charge in [-0.1, -0.05) is 87.4 Å². The van der Waals surface area contributed by atoms with Gasteiger partial charge in [0.2, 0.25) is 0 Å². The summed E-state index contributed by atoms with van der Waals surface area (Å²) >= 11 is 0. The third kappa shape index (κ3) is 6.04. The molecule has 0 bridgehead atoms. The van der Waals surface area contributed by atoms with E-state index in [0.717, 1.165) is 31.2 Å². The second-order valence-electron chi connectivity index (χ2n) is 9.16. The normalized spacial score (nSPS) is 11.1. The fourth-order valence-electron chi connectivity index (χ4n) is 4.33. The maximum Gasteiger partial charge on any atom is 0.167 e. The zero-order chi connectivity index (χ0) is 26.4. The van der Waals surface area contributed by atoms with Gasteiger partial charge in [0, 0.05) is 16.7 Å². The Morgan fingerprint density at radius 2 is 1.08 bits per heavy atom. The SMILES string of the molecule is CCCCc1ccc(COc2ccc(-c3ccc(-c4ccc(CCC)cc4)c(F)c3F)cc2)c(F)c1F. The minimum Gasteiger partial charge on any atom is -0.489 e. The Morgan fingerprint density at radius 1 is 0.541 bits per heavy atom. The number of halogens is 4. The van der Waals surface area contributed by atoms with E-state index in [1.54, 1.807) is 42.5 Å². The molecular formula is C32H30F4O. The van der Waals surface area contributed by atoms with Gasteiger partial charge in [-0.3, -0.25) is 0 Å². The van der Waals surface area contributed by atoms with Crippen LogP contribution < -0.4 is 4.74 Å². The summed E-state index contributed by atoms with van der Waals surface area (Å²) in [4.78, 5) is 0. The molecular weight excluding hydrogens is 476 g/mol. The van der Waals surface area contributed by atoms with Crippen molar-refractivity contribution in [3.8, 4) is 28.0 Å². The minimum atomic E-state index is -0.926. The molecule has 4 rings (SSSR count). The Balaban J connectivity index is 1.47. The number of rotatable bonds is 10. The third-order valence-electron chi connectivity index (χ3n) is 6.49. The van der Waals surface area contributed by atoms with E-state index in [-0.39, 0.29) is 23.3 Å². The Hall–Kier alpha value is -3.60. The van der Waals surface area contributed by atoms with Crippen LogP contribution in [0.4, 0.5) is 17.6 Å². The number of unbranched alkanes of at least 4 members (excludes halogenated alkanes) is 1. The first kappa shape index (κ1) is 26.5. The van der Waals surface area contributed by atoms with Crippen LogP contribution in [0.15, 0.2) is 72.8 Å². The second kappa shape index (κ2) is 12.1. The first-order chi connectivity index (χ1) is 17.9. The van der Waals surface area contributed by atoms with Gasteiger partial charge in [-0.25, -0.2) is 17.6 Å². The van der Waals surface area contributed by atoms with E-state index in [0.29, 0.717) is 28.9 Å². The van der Waals surface area contributed by atoms with Gasteiger partial charge in [0.15, 0.2) is 23.3 Å². The topological polar surface area (TPSA) is 9.23 Å². The average Bonchev–Trinajstić information content (AvgIpc) is 2.92. The van der Waals surface area contributed by atoms with Crippen molar-refractivity contribution in [2.75, 3.05) is 0 Å². The summed E-state index contributed by atoms with van der Waals surface area (Å²) < 4.78 is 64.4. The zero-order valence-corrected chi connectivity index (χ0v) is 21.1. The lowest BCUT2D eigenvalue weighted by Crippen LogP contribution is -2.03. The monoisotopic (exact) mass is 506 g/mol. The molecule has 0 saturated carbocycles. The van der Waals surface area contributed by atoms with Crippen LogP contribution in [-0.4, -0.2) is 0 Å². The third-order valence-corrected chi connectivity index (χ3v) is 6.49. The summed E-state index contributed by atoms with van der Waals surface area (Å²) in [6.45, 7) is 3.94. The van der Waals surface area contributed by atoms with Crippen molar-refractivity contribution in [1.29, 1.82) is 0 Å². The van der Waals surface area contributed by atoms with Crippen LogP contribution in [-0.2, 0) is 19.4 Å². The maximum atomic E-state index is 15.0. The van der Waals surface area contributed by atoms with Crippen LogP contribution >= 0.6 is 0 Å². The van der Waals surface area contributed by atoms with Crippen LogP contribution in [0.3, 0.4) is 0 Å². The summed E-state index contributed by atoms with van der Waals surface area (Å²) in [6.07, 6.45) is 4.13. The first-order valence-corrected chi connectivity index (χ1v) is 12.7. The van der Waals surface area contributed by atoms with Crippen molar-refractivity contribution >= 4 is 0 Å². The number of hydrogen-bond acceptors (Lipinski definition) is 1. The van der Waals surface area contributed by atoms with Crippen LogP contribution in [0.5, 0.6) is 5.75 Å². The minimum absolute atomic E-state index is 0.119. The fraction of sp³-hybridized carbons (Fsp3) is 0.250. The molecule has 0 amide bonds. The molecule has 4 aromatic rings. The molecule has 0 aliphatic heterocycles. The van der Waals surface area contributed by atoms with E-state index >= 15 is 4.39 Å². The Kier molecular flexibility index (Phi) is 8.65. The molecule has 0 fully saturated rings. The highest BCUT2D eigenvalue weighted by Crippen LogP contribution is 2.32. The quantitative estimate of drug-likeness (QED) is 0.195. The molecule has 0 unspecified atom stereocenters. The zero-order valence-electron chi connectivity index (χ0n) is 21.1. The van der Waals surface area contributed by atoms with Crippen LogP contribution in [0.1, 0.15) is 49.8 Å². The van der Waals surface area contributed by atoms with Crippen molar-refractivity contribution in [2.45, 2.75) is 52.6 Å². The van der Waals surface area contributed by atoms with Gasteiger partial charge in [-0.05, 0) is 53.6 Å². The molecule has 0 aliphatic carbocycles. The van der Waals surface area contributed by atoms with E-state index in [1.807, 2.05) is 31.2 Å². The molecule has 0 saturated heterocycles. The lowest BCUT2D eigenvalue weighted by molar-refractivity contribution is 0.297. The van der Waals surface area contributed by atoms with E-state index in [9.17, 15) is 13.2 Å². The molecule has 1 nitrogen and oxygen atoms in total. The molecule has 5 heteroatoms. The van der Waals surface area contributed by atoms with Crippen LogP contribution in [0, 0.1) is 23.3 Å². The van der Waals surface area contributed by atoms with Crippen molar-refractivity contribution in [2.24, 2.45) is 0 Å². The number of hydrogen-bond donors (Lipinski definition) is 0. The summed E-state index contributed by atoms with van der Waals surface area (Å²) in [5.41, 5.74) is 3.07. The van der Waals surface area contributed by atoms with Gasteiger partial charge in [0.1, 0.15) is 12.4 Å². The Labute approximate surface area is 215 Å². The number of benzene rings is 4. The smallest absolute Gasteiger partial charge is 0.167 e. The first-order valence-electron chi connectivity index (χ1n) is 12.7. The lowest BCUT2D eigenvalue weighted by Gasteiger charge is -2.12. The lowest BCUT2D eigenvalue weighted by atomic mass is 9.97. The van der Waals surface area contributed by atoms with Crippen LogP contribution in [0.25, 0.3) is 22.3 Å². The fourth-order valence-corrected chi connectivity index (χ4v) is 4.33. The van der Waals surface area contributed by atoms with Crippen molar-refractivity contribution in [1.82, 2.24) is 0 Å². The second-order valence-corrected chi connectivity index (χ2v) is 9.16. The van der Waals surface area contributed by atoms with E-state index in [1.165, 1.54) is 6.07 Å². The Bertz CT molecular complexity index is 1350. The molecule has 37 heavy (non-hydrogen) atoms. The summed E-state index contributed by atoms with van der Waals surface area (Å²) in [6, 6.07) is 20.2. The molecule has 0 spiro atoms. The van der Waals surface area contributed by atoms with Crippen molar-refractivity contribution in [3.05, 3.63) is 113 Å². The maximum absolute atomic E-state index is 15.0. The standard InChI is InChI=1S/C32H30F4O/c1-3-5-7-24-12-13-25(30(34)29(24)33)20-37-26-16-14-23(15-17-26)28-19-18-27(31(35)32(28)36)22-10-8-21(6-4-2)9-11-22/h8-19H,3-7,20H2,1-2H3. The molecule has 0 radical (unpaired) electrons. The molecule has 0 aromatic heterocycles. The molecule has 0 N–H and O–H groups in total. The van der Waals surface area contributed by atoms with Gasteiger partial charge in [-0.15, -0.1) is 0 Å². The molecule has 0 aliphatic rings. The average molecular weight is 507 g/mol. The summed E-state index contributed by atoms with van der Waals surface area (Å²) in [5, 5.41) is 0. The number of ether oxygens (including phenoxy) is 1. The molecule has 0 heterocycles. The Morgan fingerprint density at radius 3 is 1.65 bits per heavy atom. The van der Waals surface area contributed by atoms with Gasteiger partial charge < -0.3 is 4.74 Å². The van der Waals surface area contributed by atoms with E-state index in [4.69, 9.17) is 4.74 Å². The highest BCUT2D eigenvalue weighted by atomic mass is 19.2. The predicted molar refractivity (Wildman–Crippen MR) is 141 cm³/mol. The van der Waals surface area contributed by atoms with Gasteiger partial charge in [0.25, 0.3) is 0 Å². The van der Waals surface area contributed by atoms with Crippen molar-refractivity contribution in [3.63, 3.8) is 0 Å². The van der Waals surface area contributed by atoms with Crippen molar-refractivity contribution < 1.29 is 22.3 Å². The van der Waals surface area contributed by atoms with Gasteiger partial charge in [-0.2, -0.15) is 0 Å². The highest BCUT2D eigenvalue weighted by molar-refractivity contribution is 5.72. The van der Waals surface area contributed by atoms with Gasteiger partial charge >= 0.3 is 0 Å².